The molecule has 224 valence electrons. The van der Waals surface area contributed by atoms with Gasteiger partial charge in [-0.1, -0.05) is 0 Å². The number of nitrogens with one attached hydrogen (secondary N) is 1. The molecule has 1 amide bonds. The number of rotatable bonds is 14. The molecule has 0 saturated carbocycles. The molecule has 17 heteroatoms. The van der Waals surface area contributed by atoms with Crippen LogP contribution in [0.15, 0.2) is 0 Å². The van der Waals surface area contributed by atoms with Crippen LogP contribution in [0.5, 0.6) is 0 Å². The van der Waals surface area contributed by atoms with Gasteiger partial charge in [-0.25, -0.2) is 0 Å². The fourth-order valence-electron chi connectivity index (χ4n) is 4.31. The lowest BCUT2D eigenvalue weighted by Crippen LogP contribution is -2.66. The Hall–Kier alpha value is -1.13. The minimum absolute atomic E-state index is 0.576. The second-order valence-corrected chi connectivity index (χ2v) is 9.04. The van der Waals surface area contributed by atoms with Crippen molar-refractivity contribution in [3.05, 3.63) is 0 Å². The molecular formula is C21H39NO16. The summed E-state index contributed by atoms with van der Waals surface area (Å²) in [6, 6.07) is -1.20. The molecule has 0 aliphatic carbocycles. The van der Waals surface area contributed by atoms with E-state index in [1.807, 2.05) is 0 Å². The standard InChI is InChI=1S/C21H39NO16/c1-7(27)22-12-18(34-2)15(32)11(6-26)35-20(12)38-19-16(33)17(9(29)4-24)37-21(19)36-10(5-25)14(31)13(30)8(28)3-23/h8-21,23-26,28-33H,3-6H2,1-2H3,(H,22,27)/t8-,9-,10+,11-,12-,13+,14-,15-,16+,17+,18-,19-,20-,21+/m1/s1. The van der Waals surface area contributed by atoms with E-state index in [1.165, 1.54) is 14.0 Å². The van der Waals surface area contributed by atoms with E-state index in [-0.39, 0.29) is 0 Å². The third-order valence-corrected chi connectivity index (χ3v) is 6.39. The lowest BCUT2D eigenvalue weighted by atomic mass is 9.96. The molecule has 0 aromatic carbocycles. The Morgan fingerprint density at radius 2 is 1.55 bits per heavy atom. The van der Waals surface area contributed by atoms with E-state index in [1.54, 1.807) is 0 Å². The number of carbonyl (C=O) groups is 1. The third kappa shape index (κ3) is 7.53. The highest BCUT2D eigenvalue weighted by molar-refractivity contribution is 5.73. The predicted molar refractivity (Wildman–Crippen MR) is 120 cm³/mol. The van der Waals surface area contributed by atoms with E-state index in [9.17, 15) is 50.8 Å². The smallest absolute Gasteiger partial charge is 0.217 e. The highest BCUT2D eigenvalue weighted by atomic mass is 16.8. The SMILES string of the molecule is CO[C@H]1[C@H](O)[C@@H](CO)O[C@H](O[C@H]2[C@@H](O[C@@H](CO)[C@@H](O)[C@@H](O)[C@H](O)CO)O[C@@H]([C@H](O)CO)[C@@H]2O)[C@@H]1NC(C)=O. The van der Waals surface area contributed by atoms with Crippen LogP contribution in [0.4, 0.5) is 0 Å². The molecule has 14 atom stereocenters. The number of methoxy groups -OCH3 is 1. The second kappa shape index (κ2) is 15.0. The van der Waals surface area contributed by atoms with Crippen LogP contribution in [0.1, 0.15) is 6.92 Å². The molecule has 0 aromatic heterocycles. The monoisotopic (exact) mass is 561 g/mol. The van der Waals surface area contributed by atoms with Crippen LogP contribution in [0.2, 0.25) is 0 Å². The summed E-state index contributed by atoms with van der Waals surface area (Å²) in [6.07, 6.45) is -21.0. The minimum atomic E-state index is -1.98. The lowest BCUT2D eigenvalue weighted by molar-refractivity contribution is -0.311. The number of carbonyl (C=O) groups excluding carboxylic acids is 1. The molecule has 0 unspecified atom stereocenters. The van der Waals surface area contributed by atoms with Crippen LogP contribution in [0.3, 0.4) is 0 Å². The van der Waals surface area contributed by atoms with Crippen molar-refractivity contribution in [3.63, 3.8) is 0 Å². The topological polar surface area (TPSA) is 278 Å². The Bertz CT molecular complexity index is 719. The van der Waals surface area contributed by atoms with E-state index in [0.29, 0.717) is 0 Å². The molecule has 2 saturated heterocycles. The zero-order valence-corrected chi connectivity index (χ0v) is 20.8. The summed E-state index contributed by atoms with van der Waals surface area (Å²) in [5.41, 5.74) is 0. The summed E-state index contributed by atoms with van der Waals surface area (Å²) in [6.45, 7) is -2.25. The van der Waals surface area contributed by atoms with Crippen LogP contribution >= 0.6 is 0 Å². The van der Waals surface area contributed by atoms with Crippen LogP contribution in [-0.4, -0.2) is 176 Å². The fourth-order valence-corrected chi connectivity index (χ4v) is 4.31. The van der Waals surface area contributed by atoms with Gasteiger partial charge < -0.3 is 80.1 Å². The summed E-state index contributed by atoms with van der Waals surface area (Å²) in [5, 5.41) is 102. The highest BCUT2D eigenvalue weighted by Crippen LogP contribution is 2.33. The molecule has 2 heterocycles. The molecule has 0 bridgehead atoms. The summed E-state index contributed by atoms with van der Waals surface area (Å²) in [4.78, 5) is 11.8. The number of aliphatic hydroxyl groups is 10. The van der Waals surface area contributed by atoms with Crippen molar-refractivity contribution in [1.82, 2.24) is 5.32 Å². The minimum Gasteiger partial charge on any atom is -0.394 e. The van der Waals surface area contributed by atoms with Gasteiger partial charge >= 0.3 is 0 Å². The number of hydrogen-bond acceptors (Lipinski definition) is 16. The maximum Gasteiger partial charge on any atom is 0.217 e. The van der Waals surface area contributed by atoms with E-state index in [0.717, 1.165) is 0 Å². The lowest BCUT2D eigenvalue weighted by Gasteiger charge is -2.44. The third-order valence-electron chi connectivity index (χ3n) is 6.39. The van der Waals surface area contributed by atoms with Crippen LogP contribution in [-0.2, 0) is 28.5 Å². The van der Waals surface area contributed by atoms with Crippen molar-refractivity contribution in [2.24, 2.45) is 0 Å². The number of amides is 1. The van der Waals surface area contributed by atoms with Gasteiger partial charge in [0.25, 0.3) is 0 Å². The highest BCUT2D eigenvalue weighted by Gasteiger charge is 2.54. The molecule has 2 aliphatic heterocycles. The molecular weight excluding hydrogens is 522 g/mol. The van der Waals surface area contributed by atoms with Crippen LogP contribution in [0, 0.1) is 0 Å². The van der Waals surface area contributed by atoms with Gasteiger partial charge in [-0.3, -0.25) is 4.79 Å². The van der Waals surface area contributed by atoms with Crippen molar-refractivity contribution in [2.45, 2.75) is 92.7 Å². The molecule has 0 aromatic rings. The van der Waals surface area contributed by atoms with Crippen LogP contribution in [0.25, 0.3) is 0 Å². The molecule has 0 spiro atoms. The summed E-state index contributed by atoms with van der Waals surface area (Å²) in [7, 11) is 1.23. The Labute approximate surface area is 217 Å². The quantitative estimate of drug-likeness (QED) is 0.0939. The maximum atomic E-state index is 11.8. The first-order chi connectivity index (χ1) is 17.9. The molecule has 17 nitrogen and oxygen atoms in total. The number of ether oxygens (including phenoxy) is 5. The summed E-state index contributed by atoms with van der Waals surface area (Å²) in [5.74, 6) is -0.576. The maximum absolute atomic E-state index is 11.8. The van der Waals surface area contributed by atoms with Crippen molar-refractivity contribution < 1.29 is 79.5 Å². The first-order valence-corrected chi connectivity index (χ1v) is 11.9. The average Bonchev–Trinajstić information content (AvgIpc) is 3.20. The fraction of sp³-hybridized carbons (Fsp3) is 0.952. The largest absolute Gasteiger partial charge is 0.394 e. The van der Waals surface area contributed by atoms with Gasteiger partial charge in [0.15, 0.2) is 12.6 Å². The van der Waals surface area contributed by atoms with Crippen molar-refractivity contribution in [2.75, 3.05) is 33.5 Å². The Kier molecular flexibility index (Phi) is 13.1. The molecule has 38 heavy (non-hydrogen) atoms. The van der Waals surface area contributed by atoms with Gasteiger partial charge in [-0.05, 0) is 0 Å². The van der Waals surface area contributed by atoms with E-state index in [2.05, 4.69) is 5.32 Å². The van der Waals surface area contributed by atoms with E-state index < -0.39 is 118 Å². The van der Waals surface area contributed by atoms with Gasteiger partial charge in [-0.15, -0.1) is 0 Å². The molecule has 2 fully saturated rings. The summed E-state index contributed by atoms with van der Waals surface area (Å²) >= 11 is 0. The summed E-state index contributed by atoms with van der Waals surface area (Å²) < 4.78 is 27.7. The van der Waals surface area contributed by atoms with Crippen molar-refractivity contribution in [3.8, 4) is 0 Å². The van der Waals surface area contributed by atoms with Gasteiger partial charge in [0.05, 0.1) is 26.4 Å². The first kappa shape index (κ1) is 33.1. The van der Waals surface area contributed by atoms with Crippen molar-refractivity contribution >= 4 is 5.91 Å². The van der Waals surface area contributed by atoms with Crippen LogP contribution < -0.4 is 5.32 Å². The molecule has 2 rings (SSSR count). The predicted octanol–water partition coefficient (Wildman–Crippen LogP) is -7.14. The van der Waals surface area contributed by atoms with Crippen molar-refractivity contribution in [1.29, 1.82) is 0 Å². The first-order valence-electron chi connectivity index (χ1n) is 11.9. The Morgan fingerprint density at radius 1 is 0.895 bits per heavy atom. The molecule has 2 aliphatic rings. The van der Waals surface area contributed by atoms with Gasteiger partial charge in [0, 0.05) is 14.0 Å². The van der Waals surface area contributed by atoms with Gasteiger partial charge in [0.1, 0.15) is 73.2 Å². The molecule has 11 N–H and O–H groups in total. The molecule has 0 radical (unpaired) electrons. The number of hydrogen-bond donors (Lipinski definition) is 11. The van der Waals surface area contributed by atoms with E-state index >= 15 is 0 Å². The number of aliphatic hydroxyl groups excluding tert-OH is 10. The average molecular weight is 562 g/mol. The normalized spacial score (nSPS) is 37.8. The van der Waals surface area contributed by atoms with E-state index in [4.69, 9.17) is 28.8 Å². The zero-order chi connectivity index (χ0) is 28.7. The zero-order valence-electron chi connectivity index (χ0n) is 20.8. The Morgan fingerprint density at radius 3 is 2.05 bits per heavy atom. The Balaban J connectivity index is 2.36. The van der Waals surface area contributed by atoms with Gasteiger partial charge in [-0.2, -0.15) is 0 Å². The second-order valence-electron chi connectivity index (χ2n) is 9.04. The van der Waals surface area contributed by atoms with Gasteiger partial charge in [0.2, 0.25) is 5.91 Å².